The van der Waals surface area contributed by atoms with Crippen LogP contribution in [0.25, 0.3) is 10.9 Å². The van der Waals surface area contributed by atoms with E-state index in [1.54, 1.807) is 30.5 Å². The minimum absolute atomic E-state index is 0.269. The molecular formula is C19H16ClN3O2. The van der Waals surface area contributed by atoms with Crippen LogP contribution in [0.5, 0.6) is 0 Å². The van der Waals surface area contributed by atoms with Crippen LogP contribution in [0, 0.1) is 0 Å². The van der Waals surface area contributed by atoms with E-state index >= 15 is 0 Å². The summed E-state index contributed by atoms with van der Waals surface area (Å²) in [6, 6.07) is 15.2. The number of nitrogens with two attached hydrogens (primary N) is 1. The average Bonchev–Trinajstić information content (AvgIpc) is 2.60. The Morgan fingerprint density at radius 1 is 1.12 bits per heavy atom. The van der Waals surface area contributed by atoms with Crippen molar-refractivity contribution < 1.29 is 9.59 Å². The number of pyridine rings is 1. The Bertz CT molecular complexity index is 937. The highest BCUT2D eigenvalue weighted by molar-refractivity contribution is 6.30. The average molecular weight is 354 g/mol. The summed E-state index contributed by atoms with van der Waals surface area (Å²) in [6.07, 6.45) is 1.83. The molecule has 0 bridgehead atoms. The summed E-state index contributed by atoms with van der Waals surface area (Å²) >= 11 is 5.96. The van der Waals surface area contributed by atoms with Crippen LogP contribution < -0.4 is 11.1 Å². The Hall–Kier alpha value is -2.92. The summed E-state index contributed by atoms with van der Waals surface area (Å²) in [5.41, 5.74) is 7.43. The Labute approximate surface area is 149 Å². The quantitative estimate of drug-likeness (QED) is 0.739. The SMILES string of the molecule is NC(=O)[C@H](Cc1cccc(Cl)c1)NC(=O)c1ccnc2ccccc12. The number of hydrogen-bond donors (Lipinski definition) is 2. The second kappa shape index (κ2) is 7.32. The zero-order valence-corrected chi connectivity index (χ0v) is 14.0. The van der Waals surface area contributed by atoms with Crippen LogP contribution in [0.2, 0.25) is 5.02 Å². The lowest BCUT2D eigenvalue weighted by molar-refractivity contribution is -0.119. The molecule has 5 nitrogen and oxygen atoms in total. The topological polar surface area (TPSA) is 85.1 Å². The number of benzene rings is 2. The van der Waals surface area contributed by atoms with E-state index in [1.165, 1.54) is 0 Å². The Kier molecular flexibility index (Phi) is 4.95. The van der Waals surface area contributed by atoms with Gasteiger partial charge in [-0.3, -0.25) is 14.6 Å². The van der Waals surface area contributed by atoms with Gasteiger partial charge in [-0.15, -0.1) is 0 Å². The van der Waals surface area contributed by atoms with Gasteiger partial charge in [0.1, 0.15) is 6.04 Å². The number of para-hydroxylation sites is 1. The maximum Gasteiger partial charge on any atom is 0.252 e. The van der Waals surface area contributed by atoms with Gasteiger partial charge in [0.05, 0.1) is 11.1 Å². The maximum absolute atomic E-state index is 12.7. The molecule has 3 rings (SSSR count). The zero-order chi connectivity index (χ0) is 17.8. The van der Waals surface area contributed by atoms with Crippen molar-refractivity contribution >= 4 is 34.3 Å². The van der Waals surface area contributed by atoms with Crippen molar-refractivity contribution in [2.45, 2.75) is 12.5 Å². The van der Waals surface area contributed by atoms with Gasteiger partial charge in [-0.25, -0.2) is 0 Å². The number of carbonyl (C=O) groups excluding carboxylic acids is 2. The molecule has 1 atom stereocenters. The van der Waals surface area contributed by atoms with Crippen molar-refractivity contribution in [3.63, 3.8) is 0 Å². The number of fused-ring (bicyclic) bond motifs is 1. The minimum Gasteiger partial charge on any atom is -0.368 e. The normalized spacial score (nSPS) is 11.9. The summed E-state index contributed by atoms with van der Waals surface area (Å²) in [7, 11) is 0. The Morgan fingerprint density at radius 2 is 1.92 bits per heavy atom. The molecule has 0 saturated carbocycles. The van der Waals surface area contributed by atoms with Crippen molar-refractivity contribution in [2.75, 3.05) is 0 Å². The van der Waals surface area contributed by atoms with E-state index < -0.39 is 11.9 Å². The second-order valence-corrected chi connectivity index (χ2v) is 6.07. The van der Waals surface area contributed by atoms with E-state index in [0.29, 0.717) is 21.5 Å². The van der Waals surface area contributed by atoms with Gasteiger partial charge in [-0.1, -0.05) is 41.9 Å². The van der Waals surface area contributed by atoms with Gasteiger partial charge >= 0.3 is 0 Å². The molecule has 0 saturated heterocycles. The second-order valence-electron chi connectivity index (χ2n) is 5.64. The van der Waals surface area contributed by atoms with Crippen molar-refractivity contribution in [3.8, 4) is 0 Å². The molecule has 0 spiro atoms. The zero-order valence-electron chi connectivity index (χ0n) is 13.3. The molecule has 0 unspecified atom stereocenters. The lowest BCUT2D eigenvalue weighted by Gasteiger charge is -2.16. The summed E-state index contributed by atoms with van der Waals surface area (Å²) in [6.45, 7) is 0. The van der Waals surface area contributed by atoms with Gasteiger partial charge in [-0.05, 0) is 29.8 Å². The molecule has 126 valence electrons. The van der Waals surface area contributed by atoms with E-state index in [-0.39, 0.29) is 12.3 Å². The number of aromatic nitrogens is 1. The van der Waals surface area contributed by atoms with Gasteiger partial charge < -0.3 is 11.1 Å². The van der Waals surface area contributed by atoms with Gasteiger partial charge in [0.2, 0.25) is 5.91 Å². The molecular weight excluding hydrogens is 338 g/mol. The first kappa shape index (κ1) is 16.9. The summed E-state index contributed by atoms with van der Waals surface area (Å²) < 4.78 is 0. The number of amides is 2. The Morgan fingerprint density at radius 3 is 2.68 bits per heavy atom. The van der Waals surface area contributed by atoms with E-state index in [0.717, 1.165) is 5.56 Å². The molecule has 1 aromatic heterocycles. The molecule has 3 N–H and O–H groups in total. The first-order valence-corrected chi connectivity index (χ1v) is 8.11. The highest BCUT2D eigenvalue weighted by Gasteiger charge is 2.20. The molecule has 0 aliphatic rings. The van der Waals surface area contributed by atoms with Crippen molar-refractivity contribution in [3.05, 3.63) is 76.9 Å². The van der Waals surface area contributed by atoms with Crippen LogP contribution in [-0.2, 0) is 11.2 Å². The van der Waals surface area contributed by atoms with E-state index in [9.17, 15) is 9.59 Å². The number of nitrogens with zero attached hydrogens (tertiary/aromatic N) is 1. The summed E-state index contributed by atoms with van der Waals surface area (Å²) in [5, 5.41) is 3.99. The van der Waals surface area contributed by atoms with Crippen molar-refractivity contribution in [1.29, 1.82) is 0 Å². The number of carbonyl (C=O) groups is 2. The van der Waals surface area contributed by atoms with Crippen LogP contribution in [0.15, 0.2) is 60.8 Å². The lowest BCUT2D eigenvalue weighted by Crippen LogP contribution is -2.45. The number of halogens is 1. The molecule has 25 heavy (non-hydrogen) atoms. The number of primary amides is 1. The summed E-state index contributed by atoms with van der Waals surface area (Å²) in [4.78, 5) is 28.7. The fourth-order valence-corrected chi connectivity index (χ4v) is 2.87. The van der Waals surface area contributed by atoms with Crippen LogP contribution in [0.1, 0.15) is 15.9 Å². The van der Waals surface area contributed by atoms with Crippen LogP contribution in [-0.4, -0.2) is 22.8 Å². The first-order valence-electron chi connectivity index (χ1n) is 7.73. The molecule has 2 amide bonds. The minimum atomic E-state index is -0.835. The Balaban J connectivity index is 1.84. The fraction of sp³-hybridized carbons (Fsp3) is 0.105. The molecule has 0 aliphatic carbocycles. The molecule has 2 aromatic carbocycles. The molecule has 6 heteroatoms. The van der Waals surface area contributed by atoms with Gasteiger partial charge in [0, 0.05) is 23.0 Å². The van der Waals surface area contributed by atoms with Crippen LogP contribution >= 0.6 is 11.6 Å². The monoisotopic (exact) mass is 353 g/mol. The maximum atomic E-state index is 12.7. The van der Waals surface area contributed by atoms with Crippen molar-refractivity contribution in [2.24, 2.45) is 5.73 Å². The van der Waals surface area contributed by atoms with Crippen LogP contribution in [0.3, 0.4) is 0 Å². The summed E-state index contributed by atoms with van der Waals surface area (Å²) in [5.74, 6) is -0.976. The third-order valence-corrected chi connectivity index (χ3v) is 4.11. The lowest BCUT2D eigenvalue weighted by atomic mass is 10.0. The molecule has 1 heterocycles. The number of hydrogen-bond acceptors (Lipinski definition) is 3. The number of nitrogens with one attached hydrogen (secondary N) is 1. The predicted molar refractivity (Wildman–Crippen MR) is 97.3 cm³/mol. The molecule has 0 aliphatic heterocycles. The highest BCUT2D eigenvalue weighted by atomic mass is 35.5. The fourth-order valence-electron chi connectivity index (χ4n) is 2.65. The largest absolute Gasteiger partial charge is 0.368 e. The predicted octanol–water partition coefficient (Wildman–Crippen LogP) is 2.71. The van der Waals surface area contributed by atoms with Gasteiger partial charge in [-0.2, -0.15) is 0 Å². The van der Waals surface area contributed by atoms with E-state index in [1.807, 2.05) is 30.3 Å². The highest BCUT2D eigenvalue weighted by Crippen LogP contribution is 2.17. The molecule has 0 fully saturated rings. The van der Waals surface area contributed by atoms with E-state index in [4.69, 9.17) is 17.3 Å². The first-order chi connectivity index (χ1) is 12.0. The standard InChI is InChI=1S/C19H16ClN3O2/c20-13-5-3-4-12(10-13)11-17(18(21)24)23-19(25)15-8-9-22-16-7-2-1-6-14(15)16/h1-10,17H,11H2,(H2,21,24)(H,23,25)/t17-/m0/s1. The van der Waals surface area contributed by atoms with Crippen molar-refractivity contribution in [1.82, 2.24) is 10.3 Å². The van der Waals surface area contributed by atoms with E-state index in [2.05, 4.69) is 10.3 Å². The molecule has 3 aromatic rings. The van der Waals surface area contributed by atoms with Gasteiger partial charge in [0.15, 0.2) is 0 Å². The van der Waals surface area contributed by atoms with Crippen LogP contribution in [0.4, 0.5) is 0 Å². The van der Waals surface area contributed by atoms with Gasteiger partial charge in [0.25, 0.3) is 5.91 Å². The molecule has 0 radical (unpaired) electrons. The third-order valence-electron chi connectivity index (χ3n) is 3.87. The number of rotatable bonds is 5. The smallest absolute Gasteiger partial charge is 0.252 e. The third kappa shape index (κ3) is 3.95.